The second-order valence-electron chi connectivity index (χ2n) is 11.5. The van der Waals surface area contributed by atoms with Gasteiger partial charge in [-0.1, -0.05) is 94.4 Å². The maximum absolute atomic E-state index is 2.51. The van der Waals surface area contributed by atoms with E-state index in [1.165, 1.54) is 25.7 Å². The summed E-state index contributed by atoms with van der Waals surface area (Å²) in [6.07, 6.45) is 8.50. The summed E-state index contributed by atoms with van der Waals surface area (Å²) in [4.78, 5) is 0. The first-order valence-electron chi connectivity index (χ1n) is 12.4. The van der Waals surface area contributed by atoms with E-state index in [4.69, 9.17) is 0 Å². The van der Waals surface area contributed by atoms with Gasteiger partial charge >= 0.3 is 0 Å². The van der Waals surface area contributed by atoms with E-state index in [1.54, 1.807) is 0 Å². The van der Waals surface area contributed by atoms with Gasteiger partial charge in [-0.2, -0.15) is 12.3 Å². The summed E-state index contributed by atoms with van der Waals surface area (Å²) in [6.45, 7) is 24.0. The minimum absolute atomic E-state index is 0. The third-order valence-corrected chi connectivity index (χ3v) is 10.7. The molecule has 1 radical (unpaired) electrons. The van der Waals surface area contributed by atoms with Gasteiger partial charge in [-0.05, 0) is 59.2 Å². The van der Waals surface area contributed by atoms with Gasteiger partial charge in [0, 0.05) is 32.7 Å². The van der Waals surface area contributed by atoms with Crippen LogP contribution in [0.1, 0.15) is 94.9 Å². The van der Waals surface area contributed by atoms with Crippen molar-refractivity contribution in [1.29, 1.82) is 0 Å². The summed E-state index contributed by atoms with van der Waals surface area (Å²) >= 11 is 0. The maximum Gasteiger partial charge on any atom is 0 e. The molecule has 0 N–H and O–H groups in total. The molecule has 0 aromatic heterocycles. The Labute approximate surface area is 204 Å². The number of rotatable bonds is 0. The molecule has 4 aliphatic carbocycles. The normalized spacial score (nSPS) is 51.6. The molecule has 4 saturated carbocycles. The molecule has 163 valence electrons. The van der Waals surface area contributed by atoms with Crippen molar-refractivity contribution >= 4 is 0 Å². The molecular formula is C27H51Y-. The predicted molar refractivity (Wildman–Crippen MR) is 121 cm³/mol. The van der Waals surface area contributed by atoms with E-state index >= 15 is 0 Å². The van der Waals surface area contributed by atoms with Crippen LogP contribution in [0.15, 0.2) is 0 Å². The Morgan fingerprint density at radius 1 is 0.464 bits per heavy atom. The summed E-state index contributed by atoms with van der Waals surface area (Å²) in [7, 11) is 0. The van der Waals surface area contributed by atoms with Gasteiger partial charge in [-0.15, -0.1) is 0 Å². The van der Waals surface area contributed by atoms with E-state index in [9.17, 15) is 0 Å². The monoisotopic (exact) mass is 464 g/mol. The Hall–Kier alpha value is 1.10. The van der Waals surface area contributed by atoms with Crippen molar-refractivity contribution in [2.75, 3.05) is 0 Å². The smallest absolute Gasteiger partial charge is 0 e. The fourth-order valence-electron chi connectivity index (χ4n) is 6.71. The molecular weight excluding hydrogens is 413 g/mol. The first kappa shape index (κ1) is 27.1. The first-order chi connectivity index (χ1) is 12.6. The quantitative estimate of drug-likeness (QED) is 0.316. The number of hydrogen-bond donors (Lipinski definition) is 0. The van der Waals surface area contributed by atoms with Crippen LogP contribution in [0.25, 0.3) is 0 Å². The SMILES string of the molecule is CC1C(C)C(C)C(C)C1C.CC1C(C)C(C)C(C)C1C.[CH-]1C[C@H]2CC[C@@H]1C2.[Y]. The fraction of sp³-hybridized carbons (Fsp3) is 0.963. The Kier molecular flexibility index (Phi) is 11.3. The average molecular weight is 465 g/mol. The first-order valence-corrected chi connectivity index (χ1v) is 12.4. The zero-order chi connectivity index (χ0) is 20.5. The van der Waals surface area contributed by atoms with Crippen LogP contribution in [-0.4, -0.2) is 0 Å². The van der Waals surface area contributed by atoms with Crippen LogP contribution >= 0.6 is 0 Å². The molecule has 4 rings (SSSR count). The van der Waals surface area contributed by atoms with E-state index in [0.717, 1.165) is 71.0 Å². The molecule has 0 nitrogen and oxygen atoms in total. The Morgan fingerprint density at radius 3 is 0.821 bits per heavy atom. The zero-order valence-corrected chi connectivity index (χ0v) is 23.7. The average Bonchev–Trinajstić information content (AvgIpc) is 3.40. The van der Waals surface area contributed by atoms with Gasteiger partial charge in [0.2, 0.25) is 0 Å². The molecule has 4 fully saturated rings. The van der Waals surface area contributed by atoms with Crippen LogP contribution in [0.4, 0.5) is 0 Å². The van der Waals surface area contributed by atoms with E-state index in [2.05, 4.69) is 75.7 Å². The van der Waals surface area contributed by atoms with Crippen molar-refractivity contribution in [1.82, 2.24) is 0 Å². The van der Waals surface area contributed by atoms with E-state index in [1.807, 2.05) is 0 Å². The van der Waals surface area contributed by atoms with Crippen LogP contribution in [-0.2, 0) is 32.7 Å². The second kappa shape index (κ2) is 11.6. The van der Waals surface area contributed by atoms with Gasteiger partial charge in [-0.25, -0.2) is 0 Å². The Morgan fingerprint density at radius 2 is 0.750 bits per heavy atom. The minimum atomic E-state index is 0. The van der Waals surface area contributed by atoms with Crippen molar-refractivity contribution in [2.45, 2.75) is 94.9 Å². The molecule has 0 aliphatic heterocycles. The minimum Gasteiger partial charge on any atom is -0.325 e. The van der Waals surface area contributed by atoms with Gasteiger partial charge in [0.25, 0.3) is 0 Å². The van der Waals surface area contributed by atoms with Crippen molar-refractivity contribution in [3.63, 3.8) is 0 Å². The van der Waals surface area contributed by atoms with E-state index in [-0.39, 0.29) is 32.7 Å². The van der Waals surface area contributed by atoms with Crippen LogP contribution in [0.2, 0.25) is 0 Å². The van der Waals surface area contributed by atoms with Gasteiger partial charge in [0.1, 0.15) is 0 Å². The third kappa shape index (κ3) is 6.08. The van der Waals surface area contributed by atoms with Crippen LogP contribution < -0.4 is 0 Å². The van der Waals surface area contributed by atoms with Crippen molar-refractivity contribution in [3.8, 4) is 0 Å². The van der Waals surface area contributed by atoms with E-state index in [0.29, 0.717) is 0 Å². The topological polar surface area (TPSA) is 0 Å². The molecule has 0 saturated heterocycles. The summed E-state index contributed by atoms with van der Waals surface area (Å²) in [6, 6.07) is 0. The molecule has 2 bridgehead atoms. The molecule has 0 aromatic rings. The molecule has 28 heavy (non-hydrogen) atoms. The molecule has 4 aliphatic rings. The van der Waals surface area contributed by atoms with Crippen molar-refractivity contribution in [2.24, 2.45) is 71.0 Å². The van der Waals surface area contributed by atoms with Crippen LogP contribution in [0.3, 0.4) is 0 Å². The van der Waals surface area contributed by atoms with E-state index < -0.39 is 0 Å². The Balaban J connectivity index is 0.000000209. The Bertz CT molecular complexity index is 308. The van der Waals surface area contributed by atoms with Gasteiger partial charge in [-0.3, -0.25) is 0 Å². The van der Waals surface area contributed by atoms with Crippen molar-refractivity contribution in [3.05, 3.63) is 6.42 Å². The fourth-order valence-corrected chi connectivity index (χ4v) is 6.71. The molecule has 0 aromatic carbocycles. The predicted octanol–water partition coefficient (Wildman–Crippen LogP) is 8.37. The zero-order valence-electron chi connectivity index (χ0n) is 20.9. The van der Waals surface area contributed by atoms with Crippen LogP contribution in [0.5, 0.6) is 0 Å². The summed E-state index contributed by atoms with van der Waals surface area (Å²) in [5.41, 5.74) is 0. The summed E-state index contributed by atoms with van der Waals surface area (Å²) in [5.74, 6) is 11.5. The number of hydrogen-bond acceptors (Lipinski definition) is 0. The molecule has 0 spiro atoms. The summed E-state index contributed by atoms with van der Waals surface area (Å²) < 4.78 is 0. The van der Waals surface area contributed by atoms with Gasteiger partial charge in [0.15, 0.2) is 0 Å². The van der Waals surface area contributed by atoms with Gasteiger partial charge in [0.05, 0.1) is 0 Å². The summed E-state index contributed by atoms with van der Waals surface area (Å²) in [5, 5.41) is 0. The largest absolute Gasteiger partial charge is 0.325 e. The maximum atomic E-state index is 2.51. The molecule has 0 amide bonds. The van der Waals surface area contributed by atoms with Crippen LogP contribution in [0, 0.1) is 77.4 Å². The molecule has 2 atom stereocenters. The molecule has 0 unspecified atom stereocenters. The van der Waals surface area contributed by atoms with Gasteiger partial charge < -0.3 is 6.42 Å². The molecule has 0 heterocycles. The number of fused-ring (bicyclic) bond motifs is 2. The van der Waals surface area contributed by atoms with Crippen molar-refractivity contribution < 1.29 is 32.7 Å². The third-order valence-electron chi connectivity index (χ3n) is 10.7. The second-order valence-corrected chi connectivity index (χ2v) is 11.5. The standard InChI is InChI=1S/2C10H20.C7H11.Y/c2*1-6-7(2)9(4)10(5)8(6)3;1-2-7-4-3-6(1)5-7;/h2*6-10H,1-5H3;1,6-7H,2-5H2;/q;;-1;/t;;6-,7+;/m..1./s1. The molecule has 1 heteroatoms.